The Morgan fingerprint density at radius 2 is 1.92 bits per heavy atom. The van der Waals surface area contributed by atoms with Crippen molar-refractivity contribution in [1.29, 1.82) is 0 Å². The number of carbonyl (C=O) groups is 1. The third-order valence-electron chi connectivity index (χ3n) is 4.03. The number of aromatic nitrogens is 3. The summed E-state index contributed by atoms with van der Waals surface area (Å²) in [5.41, 5.74) is -0.400. The molecule has 0 aliphatic carbocycles. The van der Waals surface area contributed by atoms with Gasteiger partial charge in [0.1, 0.15) is 5.82 Å². The van der Waals surface area contributed by atoms with Crippen LogP contribution in [0, 0.1) is 0 Å². The van der Waals surface area contributed by atoms with E-state index < -0.39 is 21.6 Å². The summed E-state index contributed by atoms with van der Waals surface area (Å²) in [5.74, 6) is -0.283. The summed E-state index contributed by atoms with van der Waals surface area (Å²) in [6, 6.07) is 6.12. The molecule has 10 heteroatoms. The smallest absolute Gasteiger partial charge is 0.340 e. The van der Waals surface area contributed by atoms with Gasteiger partial charge in [-0.2, -0.15) is 9.40 Å². The Morgan fingerprint density at radius 1 is 1.20 bits per heavy atom. The van der Waals surface area contributed by atoms with Crippen LogP contribution in [0.1, 0.15) is 35.4 Å². The minimum absolute atomic E-state index is 0.00933. The van der Waals surface area contributed by atoms with Gasteiger partial charge >= 0.3 is 5.69 Å². The number of H-pyrrole nitrogens is 2. The molecular weight excluding hydrogens is 346 g/mol. The van der Waals surface area contributed by atoms with Crippen molar-refractivity contribution in [3.63, 3.8) is 0 Å². The second-order valence-corrected chi connectivity index (χ2v) is 7.67. The molecule has 1 amide bonds. The fourth-order valence-corrected chi connectivity index (χ4v) is 4.48. The van der Waals surface area contributed by atoms with Gasteiger partial charge in [0.2, 0.25) is 10.0 Å². The molecule has 9 nitrogen and oxygen atoms in total. The van der Waals surface area contributed by atoms with Crippen molar-refractivity contribution in [2.45, 2.75) is 30.7 Å². The molecule has 1 aromatic carbocycles. The molecule has 0 spiro atoms. The van der Waals surface area contributed by atoms with Crippen molar-refractivity contribution in [3.05, 3.63) is 46.1 Å². The maximum absolute atomic E-state index is 12.9. The lowest BCUT2D eigenvalue weighted by Crippen LogP contribution is -2.37. The fraction of sp³-hybridized carbons (Fsp3) is 0.400. The number of piperidine rings is 1. The van der Waals surface area contributed by atoms with Crippen molar-refractivity contribution >= 4 is 15.9 Å². The van der Waals surface area contributed by atoms with Gasteiger partial charge in [-0.3, -0.25) is 9.78 Å². The highest BCUT2D eigenvalue weighted by molar-refractivity contribution is 7.89. The van der Waals surface area contributed by atoms with Gasteiger partial charge in [0, 0.05) is 13.1 Å². The van der Waals surface area contributed by atoms with Crippen LogP contribution in [0.2, 0.25) is 0 Å². The number of nitrogens with zero attached hydrogens (tertiary/aromatic N) is 2. The van der Waals surface area contributed by atoms with E-state index >= 15 is 0 Å². The van der Waals surface area contributed by atoms with Crippen LogP contribution in [0.5, 0.6) is 0 Å². The van der Waals surface area contributed by atoms with Crippen LogP contribution in [0.3, 0.4) is 0 Å². The summed E-state index contributed by atoms with van der Waals surface area (Å²) in [4.78, 5) is 25.9. The maximum Gasteiger partial charge on any atom is 0.340 e. The molecule has 0 bridgehead atoms. The van der Waals surface area contributed by atoms with Gasteiger partial charge in [-0.25, -0.2) is 18.3 Å². The number of hydrogen-bond acceptors (Lipinski definition) is 5. The van der Waals surface area contributed by atoms with E-state index in [1.807, 2.05) is 0 Å². The number of rotatable bonds is 5. The van der Waals surface area contributed by atoms with Gasteiger partial charge in [0.25, 0.3) is 5.91 Å². The molecule has 2 heterocycles. The molecular formula is C15H19N5O4S. The van der Waals surface area contributed by atoms with E-state index in [1.54, 1.807) is 12.1 Å². The summed E-state index contributed by atoms with van der Waals surface area (Å²) in [6.07, 6.45) is 2.65. The Balaban J connectivity index is 1.82. The number of hydrogen-bond donors (Lipinski definition) is 3. The summed E-state index contributed by atoms with van der Waals surface area (Å²) >= 11 is 0. The molecule has 1 saturated heterocycles. The van der Waals surface area contributed by atoms with Crippen LogP contribution < -0.4 is 11.0 Å². The van der Waals surface area contributed by atoms with Gasteiger partial charge in [-0.05, 0) is 25.0 Å². The molecule has 134 valence electrons. The van der Waals surface area contributed by atoms with E-state index in [-0.39, 0.29) is 22.8 Å². The summed E-state index contributed by atoms with van der Waals surface area (Å²) < 4.78 is 27.2. The van der Waals surface area contributed by atoms with E-state index in [1.165, 1.54) is 16.4 Å². The first-order valence-electron chi connectivity index (χ1n) is 7.99. The highest BCUT2D eigenvalue weighted by atomic mass is 32.2. The molecule has 3 N–H and O–H groups in total. The third-order valence-corrected chi connectivity index (χ3v) is 5.99. The van der Waals surface area contributed by atoms with Crippen LogP contribution >= 0.6 is 0 Å². The molecule has 25 heavy (non-hydrogen) atoms. The van der Waals surface area contributed by atoms with Crippen LogP contribution in [0.25, 0.3) is 0 Å². The van der Waals surface area contributed by atoms with E-state index in [0.29, 0.717) is 13.1 Å². The standard InChI is InChI=1S/C15H19N5O4S/c21-14(16-10-13-17-15(22)19-18-13)11-6-2-3-7-12(11)25(23,24)20-8-4-1-5-9-20/h2-3,6-7H,1,4-5,8-10H2,(H,16,21)(H2,17,18,19,22). The lowest BCUT2D eigenvalue weighted by molar-refractivity contribution is 0.0946. The number of nitrogens with one attached hydrogen (secondary N) is 3. The molecule has 0 radical (unpaired) electrons. The SMILES string of the molecule is O=C(NCc1n[nH]c(=O)[nH]1)c1ccccc1S(=O)(=O)N1CCCCC1. The highest BCUT2D eigenvalue weighted by Crippen LogP contribution is 2.23. The van der Waals surface area contributed by atoms with E-state index in [2.05, 4.69) is 20.5 Å². The maximum atomic E-state index is 12.9. The first-order valence-corrected chi connectivity index (χ1v) is 9.43. The topological polar surface area (TPSA) is 128 Å². The second-order valence-electron chi connectivity index (χ2n) is 5.77. The van der Waals surface area contributed by atoms with Crippen LogP contribution in [0.15, 0.2) is 34.0 Å². The molecule has 2 aromatic rings. The summed E-state index contributed by atoms with van der Waals surface area (Å²) in [6.45, 7) is 0.912. The van der Waals surface area contributed by atoms with Crippen LogP contribution in [0.4, 0.5) is 0 Å². The molecule has 1 aliphatic rings. The molecule has 0 saturated carbocycles. The average molecular weight is 365 g/mol. The van der Waals surface area contributed by atoms with Crippen molar-refractivity contribution in [3.8, 4) is 0 Å². The van der Waals surface area contributed by atoms with Crippen LogP contribution in [-0.4, -0.2) is 46.9 Å². The predicted molar refractivity (Wildman–Crippen MR) is 89.4 cm³/mol. The first-order chi connectivity index (χ1) is 12.0. The van der Waals surface area contributed by atoms with Gasteiger partial charge in [-0.1, -0.05) is 18.6 Å². The van der Waals surface area contributed by atoms with Crippen LogP contribution in [-0.2, 0) is 16.6 Å². The lowest BCUT2D eigenvalue weighted by Gasteiger charge is -2.26. The summed E-state index contributed by atoms with van der Waals surface area (Å²) in [7, 11) is -3.72. The molecule has 0 unspecified atom stereocenters. The Labute approximate surface area is 144 Å². The van der Waals surface area contributed by atoms with Gasteiger partial charge < -0.3 is 5.32 Å². The van der Waals surface area contributed by atoms with E-state index in [9.17, 15) is 18.0 Å². The van der Waals surface area contributed by atoms with E-state index in [4.69, 9.17) is 0 Å². The molecule has 3 rings (SSSR count). The lowest BCUT2D eigenvalue weighted by atomic mass is 10.2. The molecule has 1 aromatic heterocycles. The molecule has 1 fully saturated rings. The Bertz CT molecular complexity index is 912. The highest BCUT2D eigenvalue weighted by Gasteiger charge is 2.29. The number of sulfonamides is 1. The monoisotopic (exact) mass is 365 g/mol. The average Bonchev–Trinajstić information content (AvgIpc) is 3.06. The summed E-state index contributed by atoms with van der Waals surface area (Å²) in [5, 5.41) is 8.46. The van der Waals surface area contributed by atoms with Crippen molar-refractivity contribution < 1.29 is 13.2 Å². The number of aromatic amines is 2. The fourth-order valence-electron chi connectivity index (χ4n) is 2.77. The van der Waals surface area contributed by atoms with Crippen molar-refractivity contribution in [1.82, 2.24) is 24.8 Å². The normalized spacial score (nSPS) is 15.8. The minimum Gasteiger partial charge on any atom is -0.345 e. The molecule has 0 atom stereocenters. The number of benzene rings is 1. The first kappa shape index (κ1) is 17.4. The van der Waals surface area contributed by atoms with Gasteiger partial charge in [0.15, 0.2) is 0 Å². The Kier molecular flexibility index (Phi) is 5.00. The number of carbonyl (C=O) groups excluding carboxylic acids is 1. The number of amides is 1. The zero-order valence-corrected chi connectivity index (χ0v) is 14.3. The largest absolute Gasteiger partial charge is 0.345 e. The van der Waals surface area contributed by atoms with Crippen molar-refractivity contribution in [2.75, 3.05) is 13.1 Å². The zero-order chi connectivity index (χ0) is 17.9. The quantitative estimate of drug-likeness (QED) is 0.697. The minimum atomic E-state index is -3.72. The molecule has 1 aliphatic heterocycles. The van der Waals surface area contributed by atoms with Gasteiger partial charge in [-0.15, -0.1) is 0 Å². The zero-order valence-electron chi connectivity index (χ0n) is 13.5. The van der Waals surface area contributed by atoms with Gasteiger partial charge in [0.05, 0.1) is 17.0 Å². The second kappa shape index (κ2) is 7.19. The third kappa shape index (κ3) is 3.80. The Hall–Kier alpha value is -2.46. The van der Waals surface area contributed by atoms with E-state index in [0.717, 1.165) is 19.3 Å². The van der Waals surface area contributed by atoms with Crippen molar-refractivity contribution in [2.24, 2.45) is 0 Å². The Morgan fingerprint density at radius 3 is 2.60 bits per heavy atom. The predicted octanol–water partition coefficient (Wildman–Crippen LogP) is 0.203.